The molecular weight excluding hydrogens is 476 g/mol. The van der Waals surface area contributed by atoms with Gasteiger partial charge in [0.1, 0.15) is 12.3 Å². The third-order valence-corrected chi connectivity index (χ3v) is 6.13. The van der Waals surface area contributed by atoms with Gasteiger partial charge in [-0.2, -0.15) is 0 Å². The molecule has 0 radical (unpaired) electrons. The van der Waals surface area contributed by atoms with Gasteiger partial charge in [-0.15, -0.1) is 11.8 Å². The van der Waals surface area contributed by atoms with Gasteiger partial charge in [-0.1, -0.05) is 22.0 Å². The van der Waals surface area contributed by atoms with Gasteiger partial charge in [0, 0.05) is 20.6 Å². The summed E-state index contributed by atoms with van der Waals surface area (Å²) in [6.07, 6.45) is 3.53. The minimum absolute atomic E-state index is 0.239. The van der Waals surface area contributed by atoms with Gasteiger partial charge >= 0.3 is 0 Å². The first kappa shape index (κ1) is 21.5. The van der Waals surface area contributed by atoms with Gasteiger partial charge in [0.2, 0.25) is 5.91 Å². The highest BCUT2D eigenvalue weighted by Crippen LogP contribution is 2.34. The molecule has 1 fully saturated rings. The van der Waals surface area contributed by atoms with E-state index in [4.69, 9.17) is 4.74 Å². The number of benzene rings is 2. The van der Waals surface area contributed by atoms with Crippen molar-refractivity contribution < 1.29 is 19.1 Å². The molecule has 6 nitrogen and oxygen atoms in total. The molecule has 1 aliphatic rings. The van der Waals surface area contributed by atoms with E-state index in [2.05, 4.69) is 21.2 Å². The zero-order chi connectivity index (χ0) is 21.0. The van der Waals surface area contributed by atoms with Gasteiger partial charge in [-0.25, -0.2) is 0 Å². The summed E-state index contributed by atoms with van der Waals surface area (Å²) >= 11 is 5.73. The van der Waals surface area contributed by atoms with Gasteiger partial charge in [0.15, 0.2) is 0 Å². The molecule has 3 rings (SSSR count). The summed E-state index contributed by atoms with van der Waals surface area (Å²) in [5.41, 5.74) is 1.27. The Kier molecular flexibility index (Phi) is 7.05. The van der Waals surface area contributed by atoms with Crippen LogP contribution in [0.2, 0.25) is 0 Å². The fourth-order valence-corrected chi connectivity index (χ4v) is 4.31. The first-order valence-electron chi connectivity index (χ1n) is 8.44. The summed E-state index contributed by atoms with van der Waals surface area (Å²) < 4.78 is 6.11. The number of thioether (sulfide) groups is 2. The number of carbonyl (C=O) groups is 3. The molecule has 0 atom stereocenters. The predicted octanol–water partition coefficient (Wildman–Crippen LogP) is 4.85. The van der Waals surface area contributed by atoms with E-state index in [0.29, 0.717) is 17.0 Å². The number of methoxy groups -OCH3 is 1. The maximum absolute atomic E-state index is 12.7. The molecule has 0 spiro atoms. The number of carbonyl (C=O) groups excluding carboxylic acids is 3. The largest absolute Gasteiger partial charge is 0.496 e. The lowest BCUT2D eigenvalue weighted by molar-refractivity contribution is -0.127. The van der Waals surface area contributed by atoms with Crippen molar-refractivity contribution in [2.75, 3.05) is 25.2 Å². The molecule has 150 valence electrons. The lowest BCUT2D eigenvalue weighted by Gasteiger charge is -2.13. The van der Waals surface area contributed by atoms with E-state index in [1.54, 1.807) is 36.0 Å². The summed E-state index contributed by atoms with van der Waals surface area (Å²) in [6, 6.07) is 12.7. The highest BCUT2D eigenvalue weighted by atomic mass is 79.9. The Morgan fingerprint density at radius 3 is 2.79 bits per heavy atom. The second kappa shape index (κ2) is 9.51. The maximum atomic E-state index is 12.7. The average Bonchev–Trinajstić information content (AvgIpc) is 2.95. The van der Waals surface area contributed by atoms with E-state index in [1.165, 1.54) is 7.11 Å². The van der Waals surface area contributed by atoms with Crippen LogP contribution in [0.1, 0.15) is 5.56 Å². The highest BCUT2D eigenvalue weighted by molar-refractivity contribution is 9.10. The summed E-state index contributed by atoms with van der Waals surface area (Å²) in [6.45, 7) is -0.346. The minimum Gasteiger partial charge on any atom is -0.496 e. The number of ether oxygens (including phenoxy) is 1. The summed E-state index contributed by atoms with van der Waals surface area (Å²) in [4.78, 5) is 39.5. The Morgan fingerprint density at radius 1 is 1.28 bits per heavy atom. The van der Waals surface area contributed by atoms with Crippen LogP contribution >= 0.6 is 39.5 Å². The third kappa shape index (κ3) is 5.23. The number of imide groups is 1. The molecule has 2 aromatic carbocycles. The van der Waals surface area contributed by atoms with E-state index < -0.39 is 17.1 Å². The Bertz CT molecular complexity index is 1010. The van der Waals surface area contributed by atoms with Crippen LogP contribution in [0.15, 0.2) is 56.7 Å². The van der Waals surface area contributed by atoms with Crippen LogP contribution in [-0.2, 0) is 9.59 Å². The van der Waals surface area contributed by atoms with E-state index in [9.17, 15) is 14.4 Å². The van der Waals surface area contributed by atoms with Crippen LogP contribution in [-0.4, -0.2) is 41.9 Å². The van der Waals surface area contributed by atoms with Crippen molar-refractivity contribution in [2.24, 2.45) is 0 Å². The van der Waals surface area contributed by atoms with Crippen molar-refractivity contribution in [3.63, 3.8) is 0 Å². The Morgan fingerprint density at radius 2 is 2.07 bits per heavy atom. The van der Waals surface area contributed by atoms with Gasteiger partial charge in [-0.05, 0) is 60.5 Å². The van der Waals surface area contributed by atoms with E-state index >= 15 is 0 Å². The number of amides is 3. The molecule has 1 aliphatic heterocycles. The molecule has 1 heterocycles. The molecule has 1 saturated heterocycles. The quantitative estimate of drug-likeness (QED) is 0.458. The van der Waals surface area contributed by atoms with Gasteiger partial charge in [0.25, 0.3) is 11.1 Å². The van der Waals surface area contributed by atoms with Crippen molar-refractivity contribution in [3.05, 3.63) is 57.4 Å². The lowest BCUT2D eigenvalue weighted by atomic mass is 10.2. The normalized spacial score (nSPS) is 15.1. The lowest BCUT2D eigenvalue weighted by Crippen LogP contribution is -2.36. The van der Waals surface area contributed by atoms with Crippen LogP contribution in [0, 0.1) is 0 Å². The van der Waals surface area contributed by atoms with Crippen LogP contribution in [0.4, 0.5) is 10.5 Å². The number of anilines is 1. The summed E-state index contributed by atoms with van der Waals surface area (Å²) in [7, 11) is 1.53. The predicted molar refractivity (Wildman–Crippen MR) is 120 cm³/mol. The zero-order valence-corrected chi connectivity index (χ0v) is 18.8. The molecule has 0 aliphatic carbocycles. The highest BCUT2D eigenvalue weighted by Gasteiger charge is 2.36. The number of hydrogen-bond donors (Lipinski definition) is 1. The standard InChI is InChI=1S/C20H17BrN2O4S2/c1-27-16-7-6-13(21)8-12(16)9-17-19(25)23(20(26)29-17)11-18(24)22-14-4-3-5-15(10-14)28-2/h3-10H,11H2,1-2H3,(H,22,24)/b17-9+. The average molecular weight is 493 g/mol. The molecule has 9 heteroatoms. The van der Waals surface area contributed by atoms with Crippen molar-refractivity contribution in [1.82, 2.24) is 4.90 Å². The first-order valence-corrected chi connectivity index (χ1v) is 11.3. The molecule has 0 saturated carbocycles. The SMILES string of the molecule is COc1ccc(Br)cc1/C=C1/SC(=O)N(CC(=O)Nc2cccc(SC)c2)C1=O. The summed E-state index contributed by atoms with van der Waals surface area (Å²) in [5, 5.41) is 2.24. The number of rotatable bonds is 6. The molecule has 29 heavy (non-hydrogen) atoms. The first-order chi connectivity index (χ1) is 13.9. The molecule has 1 N–H and O–H groups in total. The number of halogens is 1. The Balaban J connectivity index is 1.73. The van der Waals surface area contributed by atoms with Crippen LogP contribution in [0.3, 0.4) is 0 Å². The van der Waals surface area contributed by atoms with Gasteiger partial charge in [0.05, 0.1) is 12.0 Å². The van der Waals surface area contributed by atoms with Crippen molar-refractivity contribution >= 4 is 68.3 Å². The maximum Gasteiger partial charge on any atom is 0.294 e. The van der Waals surface area contributed by atoms with Crippen LogP contribution in [0.25, 0.3) is 6.08 Å². The Hall–Kier alpha value is -2.23. The summed E-state index contributed by atoms with van der Waals surface area (Å²) in [5.74, 6) is -0.367. The fraction of sp³-hybridized carbons (Fsp3) is 0.150. The minimum atomic E-state index is -0.505. The third-order valence-electron chi connectivity index (χ3n) is 4.01. The van der Waals surface area contributed by atoms with Crippen LogP contribution in [0.5, 0.6) is 5.75 Å². The molecule has 0 aromatic heterocycles. The second-order valence-electron chi connectivity index (χ2n) is 5.93. The topological polar surface area (TPSA) is 75.7 Å². The van der Waals surface area contributed by atoms with E-state index in [1.807, 2.05) is 30.5 Å². The molecule has 0 unspecified atom stereocenters. The van der Waals surface area contributed by atoms with Gasteiger partial charge < -0.3 is 10.1 Å². The van der Waals surface area contributed by atoms with Crippen molar-refractivity contribution in [2.45, 2.75) is 4.90 Å². The van der Waals surface area contributed by atoms with Crippen LogP contribution < -0.4 is 10.1 Å². The smallest absolute Gasteiger partial charge is 0.294 e. The number of nitrogens with zero attached hydrogens (tertiary/aromatic N) is 1. The Labute approximate surface area is 185 Å². The second-order valence-corrected chi connectivity index (χ2v) is 8.72. The zero-order valence-electron chi connectivity index (χ0n) is 15.6. The van der Waals surface area contributed by atoms with E-state index in [-0.39, 0.29) is 11.4 Å². The monoisotopic (exact) mass is 492 g/mol. The molecular formula is C20H17BrN2O4S2. The van der Waals surface area contributed by atoms with Crippen molar-refractivity contribution in [1.29, 1.82) is 0 Å². The molecule has 2 aromatic rings. The van der Waals surface area contributed by atoms with E-state index in [0.717, 1.165) is 26.0 Å². The molecule has 0 bridgehead atoms. The number of nitrogens with one attached hydrogen (secondary N) is 1. The van der Waals surface area contributed by atoms with Crippen molar-refractivity contribution in [3.8, 4) is 5.75 Å². The fourth-order valence-electron chi connectivity index (χ4n) is 2.64. The molecule has 3 amide bonds. The number of hydrogen-bond acceptors (Lipinski definition) is 6. The van der Waals surface area contributed by atoms with Gasteiger partial charge in [-0.3, -0.25) is 19.3 Å².